The van der Waals surface area contributed by atoms with Crippen LogP contribution in [-0.2, 0) is 0 Å². The van der Waals surface area contributed by atoms with E-state index >= 15 is 0 Å². The highest BCUT2D eigenvalue weighted by atomic mass is 79.9. The molecule has 0 aliphatic rings. The normalized spacial score (nSPS) is 10.6. The molecule has 0 fully saturated rings. The van der Waals surface area contributed by atoms with Gasteiger partial charge in [-0.25, -0.2) is 4.39 Å². The summed E-state index contributed by atoms with van der Waals surface area (Å²) in [6.45, 7) is 4.03. The zero-order valence-corrected chi connectivity index (χ0v) is 13.5. The van der Waals surface area contributed by atoms with Crippen molar-refractivity contribution in [2.75, 3.05) is 0 Å². The maximum atomic E-state index is 14.3. The molecule has 0 atom stereocenters. The van der Waals surface area contributed by atoms with Gasteiger partial charge in [-0.2, -0.15) is 0 Å². The minimum Gasteiger partial charge on any atom is -0.384 e. The highest BCUT2D eigenvalue weighted by Crippen LogP contribution is 2.36. The standard InChI is InChI=1S/C15H14BrFN2S/c1-8-3-5-11(9(2)7-8)20-12-6-4-10(15(18)19)13(16)14(12)17/h3-7H,1-2H3,(H3,18,19). The van der Waals surface area contributed by atoms with Gasteiger partial charge in [0.15, 0.2) is 5.82 Å². The first-order valence-corrected chi connectivity index (χ1v) is 7.58. The summed E-state index contributed by atoms with van der Waals surface area (Å²) in [5.74, 6) is -0.540. The molecule has 0 amide bonds. The molecular weight excluding hydrogens is 339 g/mol. The maximum absolute atomic E-state index is 14.3. The summed E-state index contributed by atoms with van der Waals surface area (Å²) in [5.41, 5.74) is 8.07. The van der Waals surface area contributed by atoms with E-state index in [9.17, 15) is 4.39 Å². The average molecular weight is 353 g/mol. The smallest absolute Gasteiger partial charge is 0.152 e. The van der Waals surface area contributed by atoms with E-state index in [4.69, 9.17) is 11.1 Å². The molecule has 0 aromatic heterocycles. The van der Waals surface area contributed by atoms with Crippen LogP contribution in [0.2, 0.25) is 0 Å². The monoisotopic (exact) mass is 352 g/mol. The Morgan fingerprint density at radius 1 is 1.20 bits per heavy atom. The second kappa shape index (κ2) is 5.97. The number of benzene rings is 2. The maximum Gasteiger partial charge on any atom is 0.152 e. The lowest BCUT2D eigenvalue weighted by Crippen LogP contribution is -2.12. The van der Waals surface area contributed by atoms with Crippen molar-refractivity contribution in [3.05, 3.63) is 57.3 Å². The summed E-state index contributed by atoms with van der Waals surface area (Å²) in [6, 6.07) is 9.37. The molecule has 2 aromatic rings. The molecule has 0 saturated carbocycles. The molecule has 0 spiro atoms. The molecule has 0 saturated heterocycles. The van der Waals surface area contributed by atoms with Crippen LogP contribution in [0.4, 0.5) is 4.39 Å². The van der Waals surface area contributed by atoms with Crippen LogP contribution in [0.25, 0.3) is 0 Å². The fraction of sp³-hybridized carbons (Fsp3) is 0.133. The average Bonchev–Trinajstić information content (AvgIpc) is 2.37. The van der Waals surface area contributed by atoms with Crippen molar-refractivity contribution in [3.63, 3.8) is 0 Å². The first-order valence-electron chi connectivity index (χ1n) is 5.97. The van der Waals surface area contributed by atoms with Crippen LogP contribution in [-0.4, -0.2) is 5.84 Å². The Balaban J connectivity index is 2.39. The quantitative estimate of drug-likeness (QED) is 0.624. The summed E-state index contributed by atoms with van der Waals surface area (Å²) >= 11 is 4.53. The minimum atomic E-state index is -0.386. The van der Waals surface area contributed by atoms with Crippen LogP contribution >= 0.6 is 27.7 Å². The van der Waals surface area contributed by atoms with Crippen molar-refractivity contribution in [3.8, 4) is 0 Å². The lowest BCUT2D eigenvalue weighted by molar-refractivity contribution is 0.594. The van der Waals surface area contributed by atoms with Gasteiger partial charge in [-0.1, -0.05) is 29.5 Å². The summed E-state index contributed by atoms with van der Waals surface area (Å²) in [4.78, 5) is 1.52. The molecule has 0 unspecified atom stereocenters. The van der Waals surface area contributed by atoms with E-state index in [2.05, 4.69) is 22.0 Å². The van der Waals surface area contributed by atoms with E-state index in [0.29, 0.717) is 10.5 Å². The van der Waals surface area contributed by atoms with E-state index in [1.807, 2.05) is 26.0 Å². The lowest BCUT2D eigenvalue weighted by Gasteiger charge is -2.10. The predicted octanol–water partition coefficient (Wildman–Crippen LogP) is 4.64. The molecule has 0 heterocycles. The van der Waals surface area contributed by atoms with Crippen molar-refractivity contribution >= 4 is 33.5 Å². The molecule has 0 radical (unpaired) electrons. The first-order chi connectivity index (χ1) is 9.40. The van der Waals surface area contributed by atoms with Crippen molar-refractivity contribution in [2.45, 2.75) is 23.6 Å². The van der Waals surface area contributed by atoms with Crippen LogP contribution in [0.3, 0.4) is 0 Å². The molecule has 20 heavy (non-hydrogen) atoms. The van der Waals surface area contributed by atoms with Gasteiger partial charge in [-0.15, -0.1) is 0 Å². The number of nitrogens with two attached hydrogens (primary N) is 1. The zero-order chi connectivity index (χ0) is 14.9. The summed E-state index contributed by atoms with van der Waals surface area (Å²) < 4.78 is 14.5. The van der Waals surface area contributed by atoms with E-state index < -0.39 is 0 Å². The van der Waals surface area contributed by atoms with Crippen molar-refractivity contribution in [1.82, 2.24) is 0 Å². The number of hydrogen-bond acceptors (Lipinski definition) is 2. The SMILES string of the molecule is Cc1ccc(Sc2ccc(C(=N)N)c(Br)c2F)c(C)c1. The minimum absolute atomic E-state index is 0.154. The van der Waals surface area contributed by atoms with E-state index in [1.54, 1.807) is 12.1 Å². The number of amidine groups is 1. The topological polar surface area (TPSA) is 49.9 Å². The third kappa shape index (κ3) is 3.04. The van der Waals surface area contributed by atoms with Gasteiger partial charge >= 0.3 is 0 Å². The van der Waals surface area contributed by atoms with Crippen molar-refractivity contribution < 1.29 is 4.39 Å². The summed E-state index contributed by atoms with van der Waals surface area (Å²) in [6.07, 6.45) is 0. The Hall–Kier alpha value is -1.33. The van der Waals surface area contributed by atoms with Crippen molar-refractivity contribution in [1.29, 1.82) is 5.41 Å². The molecular formula is C15H14BrFN2S. The molecule has 2 nitrogen and oxygen atoms in total. The highest BCUT2D eigenvalue weighted by Gasteiger charge is 2.14. The largest absolute Gasteiger partial charge is 0.384 e. The van der Waals surface area contributed by atoms with Gasteiger partial charge in [-0.3, -0.25) is 5.41 Å². The van der Waals surface area contributed by atoms with Crippen LogP contribution in [0.15, 0.2) is 44.6 Å². The fourth-order valence-corrected chi connectivity index (χ4v) is 3.46. The molecule has 3 N–H and O–H groups in total. The molecule has 0 aliphatic carbocycles. The number of rotatable bonds is 3. The van der Waals surface area contributed by atoms with Gasteiger partial charge in [0.05, 0.1) is 4.47 Å². The van der Waals surface area contributed by atoms with Gasteiger partial charge < -0.3 is 5.73 Å². The lowest BCUT2D eigenvalue weighted by atomic mass is 10.2. The van der Waals surface area contributed by atoms with Gasteiger partial charge in [0.1, 0.15) is 5.84 Å². The number of nitrogen functional groups attached to an aromatic ring is 1. The number of halogens is 2. The molecule has 2 rings (SSSR count). The summed E-state index contributed by atoms with van der Waals surface area (Å²) in [5, 5.41) is 7.40. The summed E-state index contributed by atoms with van der Waals surface area (Å²) in [7, 11) is 0. The van der Waals surface area contributed by atoms with Gasteiger partial charge in [0.2, 0.25) is 0 Å². The first kappa shape index (κ1) is 15.1. The Labute approximate surface area is 130 Å². The van der Waals surface area contributed by atoms with Crippen LogP contribution in [0.5, 0.6) is 0 Å². The molecule has 0 aliphatic heterocycles. The zero-order valence-electron chi connectivity index (χ0n) is 11.1. The Bertz CT molecular complexity index is 686. The van der Waals surface area contributed by atoms with Gasteiger partial charge in [-0.05, 0) is 53.5 Å². The Morgan fingerprint density at radius 2 is 1.85 bits per heavy atom. The van der Waals surface area contributed by atoms with Crippen LogP contribution in [0, 0.1) is 25.1 Å². The van der Waals surface area contributed by atoms with E-state index in [-0.39, 0.29) is 16.1 Å². The third-order valence-corrected chi connectivity index (χ3v) is 4.88. The second-order valence-electron chi connectivity index (χ2n) is 4.52. The Kier molecular flexibility index (Phi) is 4.50. The van der Waals surface area contributed by atoms with E-state index in [1.165, 1.54) is 17.3 Å². The molecule has 104 valence electrons. The van der Waals surface area contributed by atoms with Crippen LogP contribution in [0.1, 0.15) is 16.7 Å². The number of hydrogen-bond donors (Lipinski definition) is 2. The Morgan fingerprint density at radius 3 is 2.45 bits per heavy atom. The number of nitrogens with one attached hydrogen (secondary N) is 1. The van der Waals surface area contributed by atoms with Gasteiger partial charge in [0, 0.05) is 15.4 Å². The fourth-order valence-electron chi connectivity index (χ4n) is 1.85. The molecule has 0 bridgehead atoms. The van der Waals surface area contributed by atoms with Gasteiger partial charge in [0.25, 0.3) is 0 Å². The molecule has 2 aromatic carbocycles. The van der Waals surface area contributed by atoms with Crippen molar-refractivity contribution in [2.24, 2.45) is 5.73 Å². The third-order valence-electron chi connectivity index (χ3n) is 2.89. The molecule has 5 heteroatoms. The predicted molar refractivity (Wildman–Crippen MR) is 85.2 cm³/mol. The number of aryl methyl sites for hydroxylation is 2. The van der Waals surface area contributed by atoms with E-state index in [0.717, 1.165) is 10.5 Å². The second-order valence-corrected chi connectivity index (χ2v) is 6.40. The highest BCUT2D eigenvalue weighted by molar-refractivity contribution is 9.10. The van der Waals surface area contributed by atoms with Crippen LogP contribution < -0.4 is 5.73 Å².